The normalized spacial score (nSPS) is 15.4. The Morgan fingerprint density at radius 3 is 2.31 bits per heavy atom. The number of nitrogens with zero attached hydrogens (tertiary/aromatic N) is 1. The van der Waals surface area contributed by atoms with Gasteiger partial charge in [0.05, 0.1) is 10.9 Å². The molecule has 0 spiro atoms. The molecular weight excluding hydrogens is 474 g/mol. The summed E-state index contributed by atoms with van der Waals surface area (Å²) in [6, 6.07) is 0. The SMILES string of the molecule is CCC(C)(CCOC(C)(CC)CCCNC(=O)CBr)CNC(=O)CC/C(=C/NC)N(C)N. The number of hydrogen-bond acceptors (Lipinski definition) is 6. The molecule has 8 nitrogen and oxygen atoms in total. The monoisotopic (exact) mass is 519 g/mol. The van der Waals surface area contributed by atoms with Crippen molar-refractivity contribution < 1.29 is 14.3 Å². The van der Waals surface area contributed by atoms with Gasteiger partial charge in [-0.15, -0.1) is 0 Å². The summed E-state index contributed by atoms with van der Waals surface area (Å²) in [6.45, 7) is 10.5. The summed E-state index contributed by atoms with van der Waals surface area (Å²) in [7, 11) is 3.57. The lowest BCUT2D eigenvalue weighted by Gasteiger charge is -2.33. The number of nitrogens with one attached hydrogen (secondary N) is 3. The molecule has 0 bridgehead atoms. The predicted molar refractivity (Wildman–Crippen MR) is 135 cm³/mol. The standard InChI is InChI=1S/C23H46BrN5O3/c1-7-22(3,18-28-20(30)11-10-19(17-26-5)29(6)25)13-15-32-23(4,8-2)12-9-14-27-21(31)16-24/h17,26H,7-16,18,25H2,1-6H3,(H,27,31)(H,28,30)/b19-17-. The lowest BCUT2D eigenvalue weighted by Crippen LogP contribution is -2.38. The molecule has 0 radical (unpaired) electrons. The minimum atomic E-state index is -0.207. The van der Waals surface area contributed by atoms with E-state index in [-0.39, 0.29) is 22.8 Å². The van der Waals surface area contributed by atoms with E-state index in [4.69, 9.17) is 10.6 Å². The maximum Gasteiger partial charge on any atom is 0.230 e. The van der Waals surface area contributed by atoms with E-state index in [1.165, 1.54) is 5.01 Å². The average Bonchev–Trinajstić information content (AvgIpc) is 2.77. The minimum Gasteiger partial charge on any atom is -0.393 e. The Morgan fingerprint density at radius 2 is 1.78 bits per heavy atom. The third kappa shape index (κ3) is 13.3. The third-order valence-electron chi connectivity index (χ3n) is 6.17. The molecular formula is C23H46BrN5O3. The Balaban J connectivity index is 4.47. The minimum absolute atomic E-state index is 0.00852. The first-order valence-electron chi connectivity index (χ1n) is 11.6. The van der Waals surface area contributed by atoms with Crippen molar-refractivity contribution in [3.63, 3.8) is 0 Å². The highest BCUT2D eigenvalue weighted by Crippen LogP contribution is 2.28. The van der Waals surface area contributed by atoms with E-state index in [9.17, 15) is 9.59 Å². The van der Waals surface area contributed by atoms with Crippen LogP contribution in [0.5, 0.6) is 0 Å². The molecule has 0 aliphatic carbocycles. The van der Waals surface area contributed by atoms with Crippen molar-refractivity contribution in [1.29, 1.82) is 0 Å². The fourth-order valence-corrected chi connectivity index (χ4v) is 3.38. The first kappa shape index (κ1) is 30.7. The van der Waals surface area contributed by atoms with Crippen LogP contribution in [0.1, 0.15) is 72.6 Å². The number of carbonyl (C=O) groups excluding carboxylic acids is 2. The smallest absolute Gasteiger partial charge is 0.230 e. The highest BCUT2D eigenvalue weighted by atomic mass is 79.9. The zero-order chi connectivity index (χ0) is 24.6. The molecule has 5 N–H and O–H groups in total. The van der Waals surface area contributed by atoms with Crippen molar-refractivity contribution in [2.75, 3.05) is 39.1 Å². The summed E-state index contributed by atoms with van der Waals surface area (Å²) >= 11 is 3.15. The number of rotatable bonds is 18. The van der Waals surface area contributed by atoms with Crippen molar-refractivity contribution in [3.05, 3.63) is 11.9 Å². The first-order chi connectivity index (χ1) is 15.0. The quantitative estimate of drug-likeness (QED) is 0.0958. The Morgan fingerprint density at radius 1 is 1.09 bits per heavy atom. The zero-order valence-electron chi connectivity index (χ0n) is 21.0. The van der Waals surface area contributed by atoms with E-state index >= 15 is 0 Å². The second-order valence-electron chi connectivity index (χ2n) is 8.97. The number of allylic oxidation sites excluding steroid dienone is 1. The molecule has 2 amide bonds. The van der Waals surface area contributed by atoms with Crippen molar-refractivity contribution in [1.82, 2.24) is 21.0 Å². The molecule has 0 aromatic carbocycles. The van der Waals surface area contributed by atoms with Gasteiger partial charge in [-0.25, -0.2) is 5.84 Å². The first-order valence-corrected chi connectivity index (χ1v) is 12.7. The van der Waals surface area contributed by atoms with Crippen molar-refractivity contribution in [3.8, 4) is 0 Å². The Labute approximate surface area is 203 Å². The predicted octanol–water partition coefficient (Wildman–Crippen LogP) is 3.03. The van der Waals surface area contributed by atoms with Crippen LogP contribution in [0, 0.1) is 5.41 Å². The molecule has 0 heterocycles. The second-order valence-corrected chi connectivity index (χ2v) is 9.53. The van der Waals surface area contributed by atoms with Crippen molar-refractivity contribution in [2.45, 2.75) is 78.2 Å². The molecule has 0 saturated carbocycles. The summed E-state index contributed by atoms with van der Waals surface area (Å²) in [5.41, 5.74) is 0.643. The molecule has 9 heteroatoms. The van der Waals surface area contributed by atoms with Crippen LogP contribution in [0.4, 0.5) is 0 Å². The number of ether oxygens (including phenoxy) is 1. The van der Waals surface area contributed by atoms with Crippen molar-refractivity contribution >= 4 is 27.7 Å². The average molecular weight is 521 g/mol. The summed E-state index contributed by atoms with van der Waals surface area (Å²) in [6.07, 6.45) is 7.29. The largest absolute Gasteiger partial charge is 0.393 e. The van der Waals surface area contributed by atoms with Crippen LogP contribution in [-0.2, 0) is 14.3 Å². The Bertz CT molecular complexity index is 588. The number of hydrazine groups is 1. The van der Waals surface area contributed by atoms with Gasteiger partial charge in [0.25, 0.3) is 0 Å². The third-order valence-corrected chi connectivity index (χ3v) is 6.68. The zero-order valence-corrected chi connectivity index (χ0v) is 22.6. The summed E-state index contributed by atoms with van der Waals surface area (Å²) < 4.78 is 6.28. The van der Waals surface area contributed by atoms with Crippen LogP contribution in [0.15, 0.2) is 11.9 Å². The molecule has 0 fully saturated rings. The molecule has 0 aliphatic heterocycles. The number of carbonyl (C=O) groups is 2. The van der Waals surface area contributed by atoms with Gasteiger partial charge in [0.2, 0.25) is 11.8 Å². The van der Waals surface area contributed by atoms with Crippen LogP contribution in [0.3, 0.4) is 0 Å². The summed E-state index contributed by atoms with van der Waals surface area (Å²) in [4.78, 5) is 23.7. The molecule has 0 aromatic heterocycles. The van der Waals surface area contributed by atoms with E-state index in [0.29, 0.717) is 37.9 Å². The molecule has 188 valence electrons. The number of alkyl halides is 1. The number of halogens is 1. The molecule has 32 heavy (non-hydrogen) atoms. The van der Waals surface area contributed by atoms with Gasteiger partial charge >= 0.3 is 0 Å². The number of hydrogen-bond donors (Lipinski definition) is 4. The summed E-state index contributed by atoms with van der Waals surface area (Å²) in [5.74, 6) is 5.83. The lowest BCUT2D eigenvalue weighted by atomic mass is 9.84. The van der Waals surface area contributed by atoms with Gasteiger partial charge in [-0.3, -0.25) is 9.59 Å². The molecule has 0 aromatic rings. The van der Waals surface area contributed by atoms with Crippen LogP contribution >= 0.6 is 15.9 Å². The Kier molecular flexibility index (Phi) is 15.6. The molecule has 0 rings (SSSR count). The van der Waals surface area contributed by atoms with Gasteiger partial charge < -0.3 is 25.7 Å². The van der Waals surface area contributed by atoms with Crippen LogP contribution in [-0.4, -0.2) is 61.5 Å². The van der Waals surface area contributed by atoms with Crippen LogP contribution in [0.2, 0.25) is 0 Å². The second kappa shape index (κ2) is 16.3. The molecule has 0 aliphatic rings. The number of nitrogens with two attached hydrogens (primary N) is 1. The maximum atomic E-state index is 12.4. The Hall–Kier alpha value is -1.32. The van der Waals surface area contributed by atoms with E-state index < -0.39 is 0 Å². The highest BCUT2D eigenvalue weighted by molar-refractivity contribution is 9.09. The van der Waals surface area contributed by atoms with Gasteiger partial charge in [0.15, 0.2) is 0 Å². The van der Waals surface area contributed by atoms with Gasteiger partial charge in [-0.1, -0.05) is 36.7 Å². The molecule has 2 unspecified atom stereocenters. The maximum absolute atomic E-state index is 12.4. The lowest BCUT2D eigenvalue weighted by molar-refractivity contribution is -0.122. The van der Waals surface area contributed by atoms with E-state index in [0.717, 1.165) is 37.8 Å². The van der Waals surface area contributed by atoms with Crippen LogP contribution < -0.4 is 21.8 Å². The van der Waals surface area contributed by atoms with Gasteiger partial charge in [0, 0.05) is 52.1 Å². The fourth-order valence-electron chi connectivity index (χ4n) is 3.18. The van der Waals surface area contributed by atoms with E-state index in [1.807, 2.05) is 7.05 Å². The van der Waals surface area contributed by atoms with E-state index in [1.54, 1.807) is 13.2 Å². The van der Waals surface area contributed by atoms with E-state index in [2.05, 4.69) is 59.6 Å². The van der Waals surface area contributed by atoms with Gasteiger partial charge in [-0.05, 0) is 50.9 Å². The molecule has 0 saturated heterocycles. The number of amides is 2. The van der Waals surface area contributed by atoms with Crippen molar-refractivity contribution in [2.24, 2.45) is 11.3 Å². The highest BCUT2D eigenvalue weighted by Gasteiger charge is 2.27. The topological polar surface area (TPSA) is 109 Å². The summed E-state index contributed by atoms with van der Waals surface area (Å²) in [5, 5.41) is 10.8. The van der Waals surface area contributed by atoms with Gasteiger partial charge in [0.1, 0.15) is 0 Å². The van der Waals surface area contributed by atoms with Gasteiger partial charge in [-0.2, -0.15) is 0 Å². The molecule has 2 atom stereocenters. The van der Waals surface area contributed by atoms with Crippen LogP contribution in [0.25, 0.3) is 0 Å². The fraction of sp³-hybridized carbons (Fsp3) is 0.826.